The van der Waals surface area contributed by atoms with Crippen LogP contribution in [0.25, 0.3) is 11.1 Å². The second-order valence-corrected chi connectivity index (χ2v) is 32.4. The van der Waals surface area contributed by atoms with Gasteiger partial charge in [0.1, 0.15) is 0 Å². The molecule has 3 aliphatic carbocycles. The first-order chi connectivity index (χ1) is 37.8. The topological polar surface area (TPSA) is 9.72 Å². The highest BCUT2D eigenvalue weighted by atomic mass is 15.3. The second-order valence-electron chi connectivity index (χ2n) is 32.4. The van der Waals surface area contributed by atoms with E-state index in [0.29, 0.717) is 0 Å². The molecule has 7 aromatic carbocycles. The van der Waals surface area contributed by atoms with Gasteiger partial charge in [0.05, 0.1) is 11.2 Å². The molecular formula is C77H92BN3. The van der Waals surface area contributed by atoms with Crippen LogP contribution in [0.4, 0.5) is 45.5 Å². The molecule has 13 rings (SSSR count). The van der Waals surface area contributed by atoms with Crippen LogP contribution in [-0.2, 0) is 43.3 Å². The number of fused-ring (bicyclic) bond motifs is 9. The molecule has 3 heterocycles. The maximum absolute atomic E-state index is 2.81. The van der Waals surface area contributed by atoms with Crippen molar-refractivity contribution in [3.8, 4) is 11.1 Å². The molecule has 0 saturated heterocycles. The van der Waals surface area contributed by atoms with Crippen LogP contribution in [0, 0.1) is 0 Å². The molecule has 0 aromatic heterocycles. The molecule has 6 aliphatic rings. The van der Waals surface area contributed by atoms with Gasteiger partial charge in [-0.1, -0.05) is 198 Å². The fourth-order valence-electron chi connectivity index (χ4n) is 16.4. The summed E-state index contributed by atoms with van der Waals surface area (Å²) in [6.45, 7) is 46.6. The zero-order valence-corrected chi connectivity index (χ0v) is 53.0. The van der Waals surface area contributed by atoms with E-state index in [0.717, 1.165) is 6.42 Å². The van der Waals surface area contributed by atoms with Crippen LogP contribution in [0.2, 0.25) is 0 Å². The highest BCUT2D eigenvalue weighted by molar-refractivity contribution is 7.00. The minimum absolute atomic E-state index is 0.0126. The molecule has 418 valence electrons. The predicted octanol–water partition coefficient (Wildman–Crippen LogP) is 19.4. The van der Waals surface area contributed by atoms with Gasteiger partial charge in [-0.2, -0.15) is 0 Å². The molecule has 4 heteroatoms. The molecule has 7 aromatic rings. The van der Waals surface area contributed by atoms with Crippen molar-refractivity contribution in [3.05, 3.63) is 172 Å². The first-order valence-electron chi connectivity index (χ1n) is 31.2. The van der Waals surface area contributed by atoms with Crippen molar-refractivity contribution >= 4 is 68.6 Å². The van der Waals surface area contributed by atoms with Crippen molar-refractivity contribution in [3.63, 3.8) is 0 Å². The normalized spacial score (nSPS) is 22.6. The summed E-state index contributed by atoms with van der Waals surface area (Å²) in [5.74, 6) is 0. The van der Waals surface area contributed by atoms with Gasteiger partial charge in [0.25, 0.3) is 6.71 Å². The number of nitrogens with zero attached hydrogens (tertiary/aromatic N) is 3. The van der Waals surface area contributed by atoms with Gasteiger partial charge < -0.3 is 14.7 Å². The van der Waals surface area contributed by atoms with Gasteiger partial charge in [0, 0.05) is 50.8 Å². The molecule has 3 aliphatic heterocycles. The first-order valence-corrected chi connectivity index (χ1v) is 31.2. The minimum Gasteiger partial charge on any atom is -0.334 e. The molecule has 1 saturated carbocycles. The summed E-state index contributed by atoms with van der Waals surface area (Å²) in [5.41, 5.74) is 28.7. The second kappa shape index (κ2) is 17.3. The fraction of sp³-hybridized carbons (Fsp3) is 0.455. The molecule has 0 radical (unpaired) electrons. The third kappa shape index (κ3) is 8.00. The molecule has 0 bridgehead atoms. The van der Waals surface area contributed by atoms with Crippen LogP contribution >= 0.6 is 0 Å². The third-order valence-electron chi connectivity index (χ3n) is 22.2. The summed E-state index contributed by atoms with van der Waals surface area (Å²) < 4.78 is 0. The lowest BCUT2D eigenvalue weighted by atomic mass is 9.33. The van der Waals surface area contributed by atoms with E-state index in [-0.39, 0.29) is 55.6 Å². The van der Waals surface area contributed by atoms with Gasteiger partial charge >= 0.3 is 0 Å². The van der Waals surface area contributed by atoms with E-state index < -0.39 is 0 Å². The summed E-state index contributed by atoms with van der Waals surface area (Å²) in [5, 5.41) is 0. The van der Waals surface area contributed by atoms with Crippen molar-refractivity contribution < 1.29 is 0 Å². The van der Waals surface area contributed by atoms with E-state index in [1.165, 1.54) is 156 Å². The Morgan fingerprint density at radius 2 is 0.901 bits per heavy atom. The van der Waals surface area contributed by atoms with Crippen LogP contribution in [0.15, 0.2) is 127 Å². The Labute approximate surface area is 489 Å². The van der Waals surface area contributed by atoms with Crippen molar-refractivity contribution in [2.24, 2.45) is 0 Å². The van der Waals surface area contributed by atoms with E-state index in [2.05, 4.69) is 274 Å². The zero-order valence-electron chi connectivity index (χ0n) is 53.0. The van der Waals surface area contributed by atoms with Crippen LogP contribution in [-0.4, -0.2) is 12.3 Å². The van der Waals surface area contributed by atoms with E-state index in [9.17, 15) is 0 Å². The van der Waals surface area contributed by atoms with Gasteiger partial charge in [-0.05, 0) is 210 Å². The smallest absolute Gasteiger partial charge is 0.252 e. The molecule has 81 heavy (non-hydrogen) atoms. The third-order valence-corrected chi connectivity index (χ3v) is 22.2. The highest BCUT2D eigenvalue weighted by Gasteiger charge is 2.60. The largest absolute Gasteiger partial charge is 0.334 e. The summed E-state index contributed by atoms with van der Waals surface area (Å²) >= 11 is 0. The van der Waals surface area contributed by atoms with Gasteiger partial charge in [0.15, 0.2) is 0 Å². The van der Waals surface area contributed by atoms with Gasteiger partial charge in [-0.15, -0.1) is 0 Å². The lowest BCUT2D eigenvalue weighted by Crippen LogP contribution is -2.62. The lowest BCUT2D eigenvalue weighted by Gasteiger charge is -2.49. The predicted molar refractivity (Wildman–Crippen MR) is 351 cm³/mol. The van der Waals surface area contributed by atoms with Crippen molar-refractivity contribution in [1.29, 1.82) is 0 Å². The Balaban J connectivity index is 1.16. The SMILES string of the molecule is CC(C)(C)c1ccc(N2c3cc(N4c5ccc(C(C)(C)C)cc5C5(C)CCCC45C)ccc3B3c4cc5c(cc4N(c4ccc6c(c4)C(C)(C)CCC6(C)C)c4cc(C(C)(C)C)cc2c43)C(C)(C)CCC5(C)C)c(-c2ccccc2)c1. The van der Waals surface area contributed by atoms with Crippen LogP contribution < -0.4 is 31.1 Å². The summed E-state index contributed by atoms with van der Waals surface area (Å²) in [6.07, 6.45) is 8.26. The maximum atomic E-state index is 2.81. The Bertz CT molecular complexity index is 3750. The highest BCUT2D eigenvalue weighted by Crippen LogP contribution is 2.63. The first kappa shape index (κ1) is 54.3. The van der Waals surface area contributed by atoms with E-state index >= 15 is 0 Å². The molecule has 0 spiro atoms. The van der Waals surface area contributed by atoms with E-state index in [1.807, 2.05) is 0 Å². The number of anilines is 8. The summed E-state index contributed by atoms with van der Waals surface area (Å²) in [4.78, 5) is 8.31. The van der Waals surface area contributed by atoms with E-state index in [1.54, 1.807) is 0 Å². The number of hydrogen-bond donors (Lipinski definition) is 0. The summed E-state index contributed by atoms with van der Waals surface area (Å²) in [6, 6.07) is 52.3. The Morgan fingerprint density at radius 1 is 0.370 bits per heavy atom. The summed E-state index contributed by atoms with van der Waals surface area (Å²) in [7, 11) is 0. The zero-order chi connectivity index (χ0) is 57.7. The molecule has 3 nitrogen and oxygen atoms in total. The number of rotatable bonds is 4. The van der Waals surface area contributed by atoms with Crippen molar-refractivity contribution in [2.75, 3.05) is 14.7 Å². The Hall–Kier alpha value is -6.00. The fourth-order valence-corrected chi connectivity index (χ4v) is 16.4. The minimum atomic E-state index is -0.157. The molecule has 1 fully saturated rings. The molecule has 0 amide bonds. The Kier molecular flexibility index (Phi) is 11.6. The average molecular weight is 1070 g/mol. The number of benzene rings is 7. The molecular weight excluding hydrogens is 978 g/mol. The van der Waals surface area contributed by atoms with Crippen molar-refractivity contribution in [2.45, 2.75) is 225 Å². The molecule has 2 atom stereocenters. The maximum Gasteiger partial charge on any atom is 0.252 e. The van der Waals surface area contributed by atoms with Crippen LogP contribution in [0.5, 0.6) is 0 Å². The van der Waals surface area contributed by atoms with Gasteiger partial charge in [0.2, 0.25) is 0 Å². The van der Waals surface area contributed by atoms with Crippen molar-refractivity contribution in [1.82, 2.24) is 0 Å². The van der Waals surface area contributed by atoms with Gasteiger partial charge in [-0.3, -0.25) is 0 Å². The Morgan fingerprint density at radius 3 is 1.52 bits per heavy atom. The van der Waals surface area contributed by atoms with Crippen LogP contribution in [0.3, 0.4) is 0 Å². The standard InChI is InChI=1S/C77H92BN3/c1-69(2,3)49-26-32-62(54(40-49)48-24-21-20-22-25-48)80-64-45-53(81-63-33-27-50(70(4,5)6)41-59(63)76(18)34-23-35-77(76,81)19)29-31-60(64)78-61-46-57-58(75(16,17)39-38-74(57,14)15)47-65(61)79(66-42-51(71(7,8)9)43-67(80)68(66)78)52-28-30-55-56(44-52)73(12,13)37-36-72(55,10)11/h20-22,24-33,40-47H,23,34-39H2,1-19H3. The monoisotopic (exact) mass is 1070 g/mol. The average Bonchev–Trinajstić information content (AvgIpc) is 1.93. The van der Waals surface area contributed by atoms with Crippen LogP contribution in [0.1, 0.15) is 221 Å². The van der Waals surface area contributed by atoms with Gasteiger partial charge in [-0.25, -0.2) is 0 Å². The molecule has 0 N–H and O–H groups in total. The van der Waals surface area contributed by atoms with E-state index in [4.69, 9.17) is 0 Å². The lowest BCUT2D eigenvalue weighted by molar-refractivity contribution is 0.330. The quantitative estimate of drug-likeness (QED) is 0.163. The molecule has 2 unspecified atom stereocenters. The number of hydrogen-bond acceptors (Lipinski definition) is 3.